The van der Waals surface area contributed by atoms with E-state index in [0.29, 0.717) is 19.0 Å². The Morgan fingerprint density at radius 1 is 1.54 bits per heavy atom. The minimum atomic E-state index is 0.518. The van der Waals surface area contributed by atoms with Crippen molar-refractivity contribution in [2.75, 3.05) is 26.3 Å². The Bertz CT molecular complexity index is 280. The maximum absolute atomic E-state index is 7.86. The number of rotatable bonds is 1. The third-order valence-electron chi connectivity index (χ3n) is 2.00. The number of aromatic nitrogens is 1. The molecule has 0 amide bonds. The molecule has 1 aromatic rings. The van der Waals surface area contributed by atoms with E-state index in [1.54, 1.807) is 5.51 Å². The van der Waals surface area contributed by atoms with Gasteiger partial charge in [0.05, 0.1) is 18.7 Å². The molecule has 2 rings (SSSR count). The molecule has 1 aliphatic heterocycles. The van der Waals surface area contributed by atoms with Crippen molar-refractivity contribution in [3.8, 4) is 0 Å². The van der Waals surface area contributed by atoms with Gasteiger partial charge in [-0.3, -0.25) is 5.41 Å². The highest BCUT2D eigenvalue weighted by atomic mass is 32.1. The van der Waals surface area contributed by atoms with E-state index in [0.717, 1.165) is 18.8 Å². The SMILES string of the molecule is N=C(c1cscn1)N1CCOCC1. The number of morpholine rings is 1. The summed E-state index contributed by atoms with van der Waals surface area (Å²) in [5, 5.41) is 9.76. The summed E-state index contributed by atoms with van der Waals surface area (Å²) in [6.07, 6.45) is 0. The van der Waals surface area contributed by atoms with Gasteiger partial charge in [-0.25, -0.2) is 4.98 Å². The number of hydrogen-bond donors (Lipinski definition) is 1. The summed E-state index contributed by atoms with van der Waals surface area (Å²) in [4.78, 5) is 6.10. The third-order valence-corrected chi connectivity index (χ3v) is 2.59. The summed E-state index contributed by atoms with van der Waals surface area (Å²) in [6.45, 7) is 3.03. The normalized spacial score (nSPS) is 17.4. The van der Waals surface area contributed by atoms with Gasteiger partial charge in [-0.15, -0.1) is 11.3 Å². The summed E-state index contributed by atoms with van der Waals surface area (Å²) in [5.74, 6) is 0.518. The minimum absolute atomic E-state index is 0.518. The van der Waals surface area contributed by atoms with Crippen molar-refractivity contribution in [2.45, 2.75) is 0 Å². The number of amidine groups is 1. The maximum atomic E-state index is 7.86. The summed E-state index contributed by atoms with van der Waals surface area (Å²) in [5.41, 5.74) is 2.52. The molecule has 2 heterocycles. The van der Waals surface area contributed by atoms with Crippen LogP contribution in [0.25, 0.3) is 0 Å². The Morgan fingerprint density at radius 3 is 2.92 bits per heavy atom. The lowest BCUT2D eigenvalue weighted by Gasteiger charge is -2.28. The first-order chi connectivity index (χ1) is 6.38. The molecular formula is C8H11N3OS. The van der Waals surface area contributed by atoms with Gasteiger partial charge in [0, 0.05) is 18.5 Å². The van der Waals surface area contributed by atoms with E-state index in [-0.39, 0.29) is 0 Å². The van der Waals surface area contributed by atoms with Crippen molar-refractivity contribution in [2.24, 2.45) is 0 Å². The molecule has 0 unspecified atom stereocenters. The fourth-order valence-electron chi connectivity index (χ4n) is 1.28. The van der Waals surface area contributed by atoms with Crippen LogP contribution in [0, 0.1) is 5.41 Å². The molecule has 0 bridgehead atoms. The highest BCUT2D eigenvalue weighted by Crippen LogP contribution is 2.07. The zero-order chi connectivity index (χ0) is 9.10. The van der Waals surface area contributed by atoms with E-state index in [1.165, 1.54) is 11.3 Å². The molecule has 1 N–H and O–H groups in total. The van der Waals surface area contributed by atoms with Crippen LogP contribution in [0.3, 0.4) is 0 Å². The second-order valence-corrected chi connectivity index (χ2v) is 3.54. The van der Waals surface area contributed by atoms with Crippen molar-refractivity contribution in [3.05, 3.63) is 16.6 Å². The van der Waals surface area contributed by atoms with Crippen molar-refractivity contribution in [1.29, 1.82) is 5.41 Å². The fraction of sp³-hybridized carbons (Fsp3) is 0.500. The average molecular weight is 197 g/mol. The van der Waals surface area contributed by atoms with Crippen molar-refractivity contribution < 1.29 is 4.74 Å². The summed E-state index contributed by atoms with van der Waals surface area (Å²) < 4.78 is 5.21. The van der Waals surface area contributed by atoms with E-state index in [2.05, 4.69) is 4.98 Å². The van der Waals surface area contributed by atoms with Crippen molar-refractivity contribution in [1.82, 2.24) is 9.88 Å². The molecule has 1 fully saturated rings. The molecule has 5 heteroatoms. The molecule has 0 saturated carbocycles. The Kier molecular flexibility index (Phi) is 2.56. The largest absolute Gasteiger partial charge is 0.378 e. The van der Waals surface area contributed by atoms with E-state index >= 15 is 0 Å². The molecule has 70 valence electrons. The van der Waals surface area contributed by atoms with Gasteiger partial charge in [-0.2, -0.15) is 0 Å². The van der Waals surface area contributed by atoms with Crippen LogP contribution in [-0.2, 0) is 4.74 Å². The van der Waals surface area contributed by atoms with Crippen LogP contribution in [0.15, 0.2) is 10.9 Å². The topological polar surface area (TPSA) is 49.2 Å². The number of thiazole rings is 1. The lowest BCUT2D eigenvalue weighted by molar-refractivity contribution is 0.0679. The summed E-state index contributed by atoms with van der Waals surface area (Å²) in [6, 6.07) is 0. The van der Waals surface area contributed by atoms with E-state index in [9.17, 15) is 0 Å². The van der Waals surface area contributed by atoms with Gasteiger partial charge in [0.1, 0.15) is 11.5 Å². The molecular weight excluding hydrogens is 186 g/mol. The molecule has 13 heavy (non-hydrogen) atoms. The average Bonchev–Trinajstić information content (AvgIpc) is 2.71. The first-order valence-corrected chi connectivity index (χ1v) is 5.12. The van der Waals surface area contributed by atoms with E-state index < -0.39 is 0 Å². The number of nitrogens with one attached hydrogen (secondary N) is 1. The first-order valence-electron chi connectivity index (χ1n) is 4.18. The van der Waals surface area contributed by atoms with Gasteiger partial charge >= 0.3 is 0 Å². The molecule has 0 aliphatic carbocycles. The van der Waals surface area contributed by atoms with Gasteiger partial charge in [-0.1, -0.05) is 0 Å². The van der Waals surface area contributed by atoms with Crippen LogP contribution < -0.4 is 0 Å². The second-order valence-electron chi connectivity index (χ2n) is 2.82. The minimum Gasteiger partial charge on any atom is -0.378 e. The first kappa shape index (κ1) is 8.65. The standard InChI is InChI=1S/C8H11N3OS/c9-8(7-5-13-6-10-7)11-1-3-12-4-2-11/h5-6,9H,1-4H2. The number of ether oxygens (including phenoxy) is 1. The maximum Gasteiger partial charge on any atom is 0.148 e. The Balaban J connectivity index is 2.04. The van der Waals surface area contributed by atoms with Gasteiger partial charge in [-0.05, 0) is 0 Å². The van der Waals surface area contributed by atoms with Crippen LogP contribution in [0.2, 0.25) is 0 Å². The monoisotopic (exact) mass is 197 g/mol. The van der Waals surface area contributed by atoms with Gasteiger partial charge < -0.3 is 9.64 Å². The smallest absolute Gasteiger partial charge is 0.148 e. The van der Waals surface area contributed by atoms with Crippen LogP contribution in [-0.4, -0.2) is 42.0 Å². The van der Waals surface area contributed by atoms with E-state index in [1.807, 2.05) is 10.3 Å². The zero-order valence-corrected chi connectivity index (χ0v) is 8.01. The lowest BCUT2D eigenvalue weighted by atomic mass is 10.3. The van der Waals surface area contributed by atoms with E-state index in [4.69, 9.17) is 10.1 Å². The summed E-state index contributed by atoms with van der Waals surface area (Å²) >= 11 is 1.52. The highest BCUT2D eigenvalue weighted by molar-refractivity contribution is 7.07. The van der Waals surface area contributed by atoms with Crippen LogP contribution >= 0.6 is 11.3 Å². The van der Waals surface area contributed by atoms with Crippen LogP contribution in [0.5, 0.6) is 0 Å². The van der Waals surface area contributed by atoms with Gasteiger partial charge in [0.15, 0.2) is 0 Å². The molecule has 1 aromatic heterocycles. The molecule has 0 radical (unpaired) electrons. The summed E-state index contributed by atoms with van der Waals surface area (Å²) in [7, 11) is 0. The highest BCUT2D eigenvalue weighted by Gasteiger charge is 2.15. The van der Waals surface area contributed by atoms with Crippen LogP contribution in [0.1, 0.15) is 5.69 Å². The predicted molar refractivity (Wildman–Crippen MR) is 51.3 cm³/mol. The van der Waals surface area contributed by atoms with Gasteiger partial charge in [0.25, 0.3) is 0 Å². The van der Waals surface area contributed by atoms with Gasteiger partial charge in [0.2, 0.25) is 0 Å². The predicted octanol–water partition coefficient (Wildman–Crippen LogP) is 0.801. The van der Waals surface area contributed by atoms with Crippen molar-refractivity contribution >= 4 is 17.2 Å². The Morgan fingerprint density at radius 2 is 2.31 bits per heavy atom. The molecule has 0 atom stereocenters. The van der Waals surface area contributed by atoms with Crippen molar-refractivity contribution in [3.63, 3.8) is 0 Å². The lowest BCUT2D eigenvalue weighted by Crippen LogP contribution is -2.40. The zero-order valence-electron chi connectivity index (χ0n) is 7.19. The second kappa shape index (κ2) is 3.85. The molecule has 1 aliphatic rings. The molecule has 0 spiro atoms. The fourth-order valence-corrected chi connectivity index (χ4v) is 1.82. The number of hydrogen-bond acceptors (Lipinski definition) is 4. The third kappa shape index (κ3) is 1.87. The number of nitrogens with zero attached hydrogens (tertiary/aromatic N) is 2. The molecule has 4 nitrogen and oxygen atoms in total. The quantitative estimate of drug-likeness (QED) is 0.535. The molecule has 0 aromatic carbocycles. The molecule has 1 saturated heterocycles. The Hall–Kier alpha value is -0.940. The van der Waals surface area contributed by atoms with Crippen LogP contribution in [0.4, 0.5) is 0 Å². The Labute approximate surface area is 80.7 Å².